The highest BCUT2D eigenvalue weighted by atomic mass is 19.2. The van der Waals surface area contributed by atoms with Crippen molar-refractivity contribution in [1.82, 2.24) is 0 Å². The summed E-state index contributed by atoms with van der Waals surface area (Å²) in [7, 11) is 0. The van der Waals surface area contributed by atoms with Gasteiger partial charge in [0.05, 0.1) is 19.3 Å². The van der Waals surface area contributed by atoms with Crippen LogP contribution in [0.25, 0.3) is 11.1 Å². The van der Waals surface area contributed by atoms with Gasteiger partial charge < -0.3 is 9.47 Å². The molecule has 0 aliphatic carbocycles. The minimum absolute atomic E-state index is 0.0139. The van der Waals surface area contributed by atoms with Crippen molar-refractivity contribution in [2.45, 2.75) is 38.7 Å². The number of hydrogen-bond donors (Lipinski definition) is 0. The lowest BCUT2D eigenvalue weighted by molar-refractivity contribution is -0.00732. The van der Waals surface area contributed by atoms with Crippen molar-refractivity contribution >= 4 is 0 Å². The van der Waals surface area contributed by atoms with E-state index in [2.05, 4.69) is 6.58 Å². The first kappa shape index (κ1) is 20.5. The number of halogens is 3. The summed E-state index contributed by atoms with van der Waals surface area (Å²) in [5, 5.41) is 0. The van der Waals surface area contributed by atoms with E-state index in [1.54, 1.807) is 0 Å². The Morgan fingerprint density at radius 2 is 1.96 bits per heavy atom. The molecule has 2 atom stereocenters. The van der Waals surface area contributed by atoms with Crippen molar-refractivity contribution in [1.29, 1.82) is 0 Å². The average molecular weight is 390 g/mol. The topological polar surface area (TPSA) is 18.5 Å². The van der Waals surface area contributed by atoms with Crippen LogP contribution in [0.1, 0.15) is 44.3 Å². The molecule has 2 nitrogen and oxygen atoms in total. The molecule has 1 fully saturated rings. The van der Waals surface area contributed by atoms with Crippen LogP contribution < -0.4 is 4.74 Å². The van der Waals surface area contributed by atoms with E-state index in [0.29, 0.717) is 19.6 Å². The second-order valence-electron chi connectivity index (χ2n) is 7.07. The van der Waals surface area contributed by atoms with Crippen LogP contribution in [0.4, 0.5) is 13.2 Å². The first-order valence-corrected chi connectivity index (χ1v) is 9.69. The van der Waals surface area contributed by atoms with E-state index >= 15 is 0 Å². The summed E-state index contributed by atoms with van der Waals surface area (Å²) in [6.07, 6.45) is 4.52. The Balaban J connectivity index is 1.81. The molecule has 0 radical (unpaired) electrons. The van der Waals surface area contributed by atoms with Gasteiger partial charge in [-0.3, -0.25) is 0 Å². The molecule has 2 aromatic rings. The molecular weight excluding hydrogens is 365 g/mol. The maximum atomic E-state index is 14.7. The number of benzene rings is 2. The molecule has 5 heteroatoms. The summed E-state index contributed by atoms with van der Waals surface area (Å²) >= 11 is 0. The zero-order valence-corrected chi connectivity index (χ0v) is 16.0. The van der Waals surface area contributed by atoms with Crippen LogP contribution in [-0.4, -0.2) is 13.2 Å². The normalized spacial score (nSPS) is 19.4. The predicted octanol–water partition coefficient (Wildman–Crippen LogP) is 6.60. The largest absolute Gasteiger partial charge is 0.491 e. The third kappa shape index (κ3) is 4.41. The van der Waals surface area contributed by atoms with Gasteiger partial charge in [-0.05, 0) is 37.0 Å². The molecule has 2 aromatic carbocycles. The van der Waals surface area contributed by atoms with Gasteiger partial charge in [0.2, 0.25) is 0 Å². The fraction of sp³-hybridized carbons (Fsp3) is 0.391. The van der Waals surface area contributed by atoms with Gasteiger partial charge in [0.1, 0.15) is 0 Å². The van der Waals surface area contributed by atoms with Gasteiger partial charge >= 0.3 is 0 Å². The lowest BCUT2D eigenvalue weighted by atomic mass is 9.93. The highest BCUT2D eigenvalue weighted by molar-refractivity contribution is 5.66. The van der Waals surface area contributed by atoms with E-state index in [1.165, 1.54) is 30.3 Å². The molecule has 0 saturated carbocycles. The van der Waals surface area contributed by atoms with Gasteiger partial charge in [0.25, 0.3) is 0 Å². The van der Waals surface area contributed by atoms with Gasteiger partial charge in [0, 0.05) is 17.0 Å². The standard InChI is InChI=1S/C23H25F3O2/c1-3-5-12-27-21-11-7-16(13-19(21)24)17-8-9-18(23(26)22(17)25)20-10-6-15(4-2)14-28-20/h4,7-9,11,13,15,20H,2-3,5-6,10,12,14H2,1H3. The Bertz CT molecular complexity index is 827. The van der Waals surface area contributed by atoms with Crippen molar-refractivity contribution in [2.75, 3.05) is 13.2 Å². The van der Waals surface area contributed by atoms with Crippen molar-refractivity contribution in [3.05, 3.63) is 66.0 Å². The van der Waals surface area contributed by atoms with Crippen LogP contribution in [-0.2, 0) is 4.74 Å². The molecule has 0 spiro atoms. The summed E-state index contributed by atoms with van der Waals surface area (Å²) in [5.41, 5.74) is 0.475. The first-order chi connectivity index (χ1) is 13.5. The monoisotopic (exact) mass is 390 g/mol. The lowest BCUT2D eigenvalue weighted by Gasteiger charge is -2.28. The fourth-order valence-electron chi connectivity index (χ4n) is 3.35. The fourth-order valence-corrected chi connectivity index (χ4v) is 3.35. The third-order valence-corrected chi connectivity index (χ3v) is 5.10. The third-order valence-electron chi connectivity index (χ3n) is 5.10. The molecule has 1 aliphatic heterocycles. The summed E-state index contributed by atoms with van der Waals surface area (Å²) in [6.45, 7) is 6.61. The zero-order chi connectivity index (χ0) is 20.1. The smallest absolute Gasteiger partial charge is 0.167 e. The van der Waals surface area contributed by atoms with E-state index < -0.39 is 23.6 Å². The Labute approximate surface area is 164 Å². The van der Waals surface area contributed by atoms with Crippen LogP contribution in [0.2, 0.25) is 0 Å². The van der Waals surface area contributed by atoms with E-state index in [0.717, 1.165) is 19.3 Å². The molecule has 3 rings (SSSR count). The van der Waals surface area contributed by atoms with Gasteiger partial charge in [-0.1, -0.05) is 37.6 Å². The van der Waals surface area contributed by atoms with E-state index in [1.807, 2.05) is 13.0 Å². The molecular formula is C23H25F3O2. The SMILES string of the molecule is C=CC1CCC(c2ccc(-c3ccc(OCCCC)c(F)c3)c(F)c2F)OC1. The van der Waals surface area contributed by atoms with Gasteiger partial charge in [-0.25, -0.2) is 13.2 Å². The molecule has 0 bridgehead atoms. The van der Waals surface area contributed by atoms with Crippen molar-refractivity contribution < 1.29 is 22.6 Å². The van der Waals surface area contributed by atoms with Gasteiger partial charge in [-0.15, -0.1) is 6.58 Å². The molecule has 1 aliphatic rings. The molecule has 0 aromatic heterocycles. The van der Waals surface area contributed by atoms with Crippen LogP contribution >= 0.6 is 0 Å². The van der Waals surface area contributed by atoms with Crippen molar-refractivity contribution in [3.63, 3.8) is 0 Å². The Hall–Kier alpha value is -2.27. The van der Waals surface area contributed by atoms with Gasteiger partial charge in [0.15, 0.2) is 23.2 Å². The Kier molecular flexibility index (Phi) is 6.79. The first-order valence-electron chi connectivity index (χ1n) is 9.69. The maximum Gasteiger partial charge on any atom is 0.167 e. The van der Waals surface area contributed by atoms with E-state index in [4.69, 9.17) is 9.47 Å². The van der Waals surface area contributed by atoms with Crippen LogP contribution in [0.5, 0.6) is 5.75 Å². The van der Waals surface area contributed by atoms with Crippen LogP contribution in [0.15, 0.2) is 43.0 Å². The maximum absolute atomic E-state index is 14.7. The highest BCUT2D eigenvalue weighted by Crippen LogP contribution is 2.36. The van der Waals surface area contributed by atoms with Crippen LogP contribution in [0.3, 0.4) is 0 Å². The van der Waals surface area contributed by atoms with E-state index in [9.17, 15) is 13.2 Å². The predicted molar refractivity (Wildman–Crippen MR) is 104 cm³/mol. The summed E-state index contributed by atoms with van der Waals surface area (Å²) in [5.74, 6) is -2.18. The molecule has 0 amide bonds. The van der Waals surface area contributed by atoms with E-state index in [-0.39, 0.29) is 28.4 Å². The van der Waals surface area contributed by atoms with Crippen molar-refractivity contribution in [2.24, 2.45) is 5.92 Å². The molecule has 1 saturated heterocycles. The quantitative estimate of drug-likeness (QED) is 0.391. The molecule has 0 N–H and O–H groups in total. The average Bonchev–Trinajstić information content (AvgIpc) is 2.71. The summed E-state index contributed by atoms with van der Waals surface area (Å²) in [6, 6.07) is 7.16. The van der Waals surface area contributed by atoms with Gasteiger partial charge in [-0.2, -0.15) is 0 Å². The molecule has 1 heterocycles. The van der Waals surface area contributed by atoms with Crippen LogP contribution in [0, 0.1) is 23.4 Å². The Morgan fingerprint density at radius 1 is 1.14 bits per heavy atom. The zero-order valence-electron chi connectivity index (χ0n) is 16.0. The highest BCUT2D eigenvalue weighted by Gasteiger charge is 2.26. The minimum Gasteiger partial charge on any atom is -0.491 e. The molecule has 150 valence electrons. The minimum atomic E-state index is -0.994. The lowest BCUT2D eigenvalue weighted by Crippen LogP contribution is -2.20. The molecule has 2 unspecified atom stereocenters. The number of ether oxygens (including phenoxy) is 2. The summed E-state index contributed by atoms with van der Waals surface area (Å²) in [4.78, 5) is 0. The van der Waals surface area contributed by atoms with Crippen molar-refractivity contribution in [3.8, 4) is 16.9 Å². The Morgan fingerprint density at radius 3 is 2.61 bits per heavy atom. The number of hydrogen-bond acceptors (Lipinski definition) is 2. The summed E-state index contributed by atoms with van der Waals surface area (Å²) < 4.78 is 54.7. The second-order valence-corrected chi connectivity index (χ2v) is 7.07. The number of unbranched alkanes of at least 4 members (excludes halogenated alkanes) is 1. The molecule has 28 heavy (non-hydrogen) atoms. The number of rotatable bonds is 7. The second kappa shape index (κ2) is 9.28.